The van der Waals surface area contributed by atoms with Crippen molar-refractivity contribution in [1.29, 1.82) is 0 Å². The minimum atomic E-state index is -0.498. The lowest BCUT2D eigenvalue weighted by Gasteiger charge is -2.06. The van der Waals surface area contributed by atoms with Gasteiger partial charge in [-0.1, -0.05) is 13.8 Å². The van der Waals surface area contributed by atoms with Crippen LogP contribution in [0, 0.1) is 5.92 Å². The maximum Gasteiger partial charge on any atom is 0.417 e. The zero-order valence-electron chi connectivity index (χ0n) is 9.03. The second kappa shape index (κ2) is 3.84. The van der Waals surface area contributed by atoms with Gasteiger partial charge in [-0.15, -0.1) is 0 Å². The van der Waals surface area contributed by atoms with Crippen molar-refractivity contribution in [2.45, 2.75) is 13.8 Å². The van der Waals surface area contributed by atoms with Crippen LogP contribution in [0.4, 0.5) is 5.69 Å². The maximum atomic E-state index is 11.4. The molecule has 0 bridgehead atoms. The van der Waals surface area contributed by atoms with Crippen LogP contribution in [0.15, 0.2) is 27.4 Å². The van der Waals surface area contributed by atoms with E-state index in [9.17, 15) is 9.59 Å². The average Bonchev–Trinajstić information content (AvgIpc) is 2.57. The van der Waals surface area contributed by atoms with Gasteiger partial charge < -0.3 is 9.73 Å². The van der Waals surface area contributed by atoms with Gasteiger partial charge in [0.25, 0.3) is 0 Å². The number of fused-ring (bicyclic) bond motifs is 1. The summed E-state index contributed by atoms with van der Waals surface area (Å²) >= 11 is 0. The Morgan fingerprint density at radius 2 is 2.19 bits per heavy atom. The van der Waals surface area contributed by atoms with Crippen molar-refractivity contribution < 1.29 is 9.21 Å². The van der Waals surface area contributed by atoms with E-state index in [0.717, 1.165) is 0 Å². The van der Waals surface area contributed by atoms with Gasteiger partial charge in [-0.25, -0.2) is 4.79 Å². The number of amides is 1. The number of aromatic nitrogens is 1. The first-order valence-electron chi connectivity index (χ1n) is 5.00. The van der Waals surface area contributed by atoms with Crippen LogP contribution in [0.25, 0.3) is 11.1 Å². The second-order valence-corrected chi connectivity index (χ2v) is 3.87. The summed E-state index contributed by atoms with van der Waals surface area (Å²) in [5.74, 6) is -0.647. The second-order valence-electron chi connectivity index (χ2n) is 3.87. The van der Waals surface area contributed by atoms with Crippen molar-refractivity contribution >= 4 is 22.7 Å². The lowest BCUT2D eigenvalue weighted by molar-refractivity contribution is -0.118. The smallest absolute Gasteiger partial charge is 0.408 e. The predicted molar refractivity (Wildman–Crippen MR) is 60.3 cm³/mol. The third kappa shape index (κ3) is 1.98. The van der Waals surface area contributed by atoms with Crippen LogP contribution in [0.2, 0.25) is 0 Å². The number of carbonyl (C=O) groups is 1. The number of hydrogen-bond donors (Lipinski definition) is 2. The predicted octanol–water partition coefficient (Wildman–Crippen LogP) is 1.72. The maximum absolute atomic E-state index is 11.4. The molecule has 0 saturated heterocycles. The van der Waals surface area contributed by atoms with E-state index >= 15 is 0 Å². The summed E-state index contributed by atoms with van der Waals surface area (Å²) in [7, 11) is 0. The van der Waals surface area contributed by atoms with Gasteiger partial charge in [0, 0.05) is 11.6 Å². The molecule has 5 nitrogen and oxygen atoms in total. The SMILES string of the molecule is CC(C)C(=O)Nc1ccc2oc(=O)[nH]c2c1. The van der Waals surface area contributed by atoms with Crippen molar-refractivity contribution in [2.24, 2.45) is 5.92 Å². The molecule has 0 atom stereocenters. The molecule has 16 heavy (non-hydrogen) atoms. The molecule has 0 aliphatic carbocycles. The molecule has 1 aromatic heterocycles. The van der Waals surface area contributed by atoms with E-state index in [0.29, 0.717) is 16.8 Å². The molecule has 2 aromatic rings. The minimum Gasteiger partial charge on any atom is -0.408 e. The molecule has 0 aliphatic rings. The third-order valence-corrected chi connectivity index (χ3v) is 2.21. The molecule has 1 aromatic carbocycles. The first-order valence-corrected chi connectivity index (χ1v) is 5.00. The van der Waals surface area contributed by atoms with E-state index < -0.39 is 5.76 Å². The van der Waals surface area contributed by atoms with Crippen molar-refractivity contribution in [3.63, 3.8) is 0 Å². The topological polar surface area (TPSA) is 75.1 Å². The summed E-state index contributed by atoms with van der Waals surface area (Å²) in [5.41, 5.74) is 1.70. The Balaban J connectivity index is 2.32. The van der Waals surface area contributed by atoms with Crippen molar-refractivity contribution in [3.8, 4) is 0 Å². The summed E-state index contributed by atoms with van der Waals surface area (Å²) in [6.07, 6.45) is 0. The van der Waals surface area contributed by atoms with Crippen molar-refractivity contribution in [2.75, 3.05) is 5.32 Å². The number of anilines is 1. The molecule has 0 fully saturated rings. The van der Waals surface area contributed by atoms with Crippen LogP contribution >= 0.6 is 0 Å². The first-order chi connectivity index (χ1) is 7.56. The van der Waals surface area contributed by atoms with Crippen LogP contribution in [0.5, 0.6) is 0 Å². The molecule has 0 spiro atoms. The van der Waals surface area contributed by atoms with Gasteiger partial charge in [-0.2, -0.15) is 0 Å². The fourth-order valence-electron chi connectivity index (χ4n) is 1.32. The van der Waals surface area contributed by atoms with Crippen LogP contribution in [-0.2, 0) is 4.79 Å². The van der Waals surface area contributed by atoms with E-state index in [4.69, 9.17) is 4.42 Å². The van der Waals surface area contributed by atoms with Crippen molar-refractivity contribution in [1.82, 2.24) is 4.98 Å². The zero-order valence-corrected chi connectivity index (χ0v) is 9.03. The van der Waals surface area contributed by atoms with Crippen molar-refractivity contribution in [3.05, 3.63) is 28.7 Å². The number of nitrogens with one attached hydrogen (secondary N) is 2. The highest BCUT2D eigenvalue weighted by atomic mass is 16.4. The lowest BCUT2D eigenvalue weighted by atomic mass is 10.2. The van der Waals surface area contributed by atoms with Gasteiger partial charge >= 0.3 is 5.76 Å². The van der Waals surface area contributed by atoms with E-state index in [1.165, 1.54) is 0 Å². The molecule has 2 N–H and O–H groups in total. The molecule has 2 rings (SSSR count). The summed E-state index contributed by atoms with van der Waals surface area (Å²) < 4.78 is 4.85. The van der Waals surface area contributed by atoms with Gasteiger partial charge in [-0.3, -0.25) is 9.78 Å². The largest absolute Gasteiger partial charge is 0.417 e. The number of carbonyl (C=O) groups excluding carboxylic acids is 1. The molecule has 0 radical (unpaired) electrons. The molecule has 0 aliphatic heterocycles. The highest BCUT2D eigenvalue weighted by Crippen LogP contribution is 2.16. The number of aromatic amines is 1. The molecule has 1 amide bonds. The quantitative estimate of drug-likeness (QED) is 0.809. The van der Waals surface area contributed by atoms with Gasteiger partial charge in [0.2, 0.25) is 5.91 Å². The highest BCUT2D eigenvalue weighted by molar-refractivity contribution is 5.93. The van der Waals surface area contributed by atoms with E-state index in [1.807, 2.05) is 13.8 Å². The van der Waals surface area contributed by atoms with E-state index in [1.54, 1.807) is 18.2 Å². The van der Waals surface area contributed by atoms with Gasteiger partial charge in [0.1, 0.15) is 0 Å². The highest BCUT2D eigenvalue weighted by Gasteiger charge is 2.08. The summed E-state index contributed by atoms with van der Waals surface area (Å²) in [5, 5.41) is 2.74. The monoisotopic (exact) mass is 220 g/mol. The fourth-order valence-corrected chi connectivity index (χ4v) is 1.32. The van der Waals surface area contributed by atoms with Crippen LogP contribution in [0.3, 0.4) is 0 Å². The number of hydrogen-bond acceptors (Lipinski definition) is 3. The van der Waals surface area contributed by atoms with Crippen LogP contribution in [-0.4, -0.2) is 10.9 Å². The molecule has 0 saturated carbocycles. The molecule has 5 heteroatoms. The van der Waals surface area contributed by atoms with Gasteiger partial charge in [0.05, 0.1) is 5.52 Å². The Labute approximate surface area is 91.5 Å². The Bertz CT molecular complexity index is 580. The van der Waals surface area contributed by atoms with E-state index in [2.05, 4.69) is 10.3 Å². The third-order valence-electron chi connectivity index (χ3n) is 2.21. The van der Waals surface area contributed by atoms with Crippen LogP contribution < -0.4 is 11.1 Å². The summed E-state index contributed by atoms with van der Waals surface area (Å²) in [4.78, 5) is 24.9. The molecular weight excluding hydrogens is 208 g/mol. The Morgan fingerprint density at radius 3 is 2.88 bits per heavy atom. The number of rotatable bonds is 2. The number of oxazole rings is 1. The normalized spacial score (nSPS) is 10.9. The van der Waals surface area contributed by atoms with Crippen LogP contribution in [0.1, 0.15) is 13.8 Å². The summed E-state index contributed by atoms with van der Waals surface area (Å²) in [6.45, 7) is 3.63. The Morgan fingerprint density at radius 1 is 1.44 bits per heavy atom. The Hall–Kier alpha value is -2.04. The molecular formula is C11H12N2O3. The van der Waals surface area contributed by atoms with Gasteiger partial charge in [0.15, 0.2) is 5.58 Å². The fraction of sp³-hybridized carbons (Fsp3) is 0.273. The summed E-state index contributed by atoms with van der Waals surface area (Å²) in [6, 6.07) is 5.00. The minimum absolute atomic E-state index is 0.0646. The standard InChI is InChI=1S/C11H12N2O3/c1-6(2)10(14)12-7-3-4-9-8(5-7)13-11(15)16-9/h3-6H,1-2H3,(H,12,14)(H,13,15). The Kier molecular flexibility index (Phi) is 2.52. The van der Waals surface area contributed by atoms with E-state index in [-0.39, 0.29) is 11.8 Å². The zero-order chi connectivity index (χ0) is 11.7. The molecule has 84 valence electrons. The molecule has 1 heterocycles. The lowest BCUT2D eigenvalue weighted by Crippen LogP contribution is -2.17. The first kappa shape index (κ1) is 10.5. The number of benzene rings is 1. The van der Waals surface area contributed by atoms with Gasteiger partial charge in [-0.05, 0) is 18.2 Å². The number of H-pyrrole nitrogens is 1. The average molecular weight is 220 g/mol. The molecule has 0 unspecified atom stereocenters.